The maximum absolute atomic E-state index is 8.86. The van der Waals surface area contributed by atoms with Gasteiger partial charge in [0.1, 0.15) is 30.5 Å². The maximum atomic E-state index is 8.86. The minimum absolute atomic E-state index is 0.371. The largest absolute Gasteiger partial charge is 0.496 e. The van der Waals surface area contributed by atoms with E-state index in [1.807, 2.05) is 24.3 Å². The van der Waals surface area contributed by atoms with Crippen molar-refractivity contribution in [1.29, 1.82) is 5.26 Å². The standard InChI is InChI=1S/C23H18N2O3/c1-25-20-9-7-19(8-10-20)16-28-23-12-21(26-2)11-22(13-23)27-15-18-5-3-17(14-24)4-6-18/h3-13H,15-16H2,2H3. The Hall–Kier alpha value is -3.96. The number of rotatable bonds is 7. The highest BCUT2D eigenvalue weighted by Crippen LogP contribution is 2.29. The number of benzene rings is 3. The Morgan fingerprint density at radius 1 is 0.821 bits per heavy atom. The van der Waals surface area contributed by atoms with Crippen LogP contribution in [0.4, 0.5) is 5.69 Å². The van der Waals surface area contributed by atoms with E-state index in [2.05, 4.69) is 10.9 Å². The zero-order valence-electron chi connectivity index (χ0n) is 15.4. The fourth-order valence-electron chi connectivity index (χ4n) is 2.51. The molecule has 0 unspecified atom stereocenters. The Labute approximate surface area is 164 Å². The second-order valence-corrected chi connectivity index (χ2v) is 6.01. The molecule has 138 valence electrons. The Morgan fingerprint density at radius 3 is 1.79 bits per heavy atom. The van der Waals surface area contributed by atoms with Crippen LogP contribution < -0.4 is 14.2 Å². The summed E-state index contributed by atoms with van der Waals surface area (Å²) in [6.07, 6.45) is 0. The van der Waals surface area contributed by atoms with E-state index in [9.17, 15) is 0 Å². The Bertz CT molecular complexity index is 934. The van der Waals surface area contributed by atoms with Gasteiger partial charge >= 0.3 is 0 Å². The second-order valence-electron chi connectivity index (χ2n) is 6.01. The fraction of sp³-hybridized carbons (Fsp3) is 0.130. The summed E-state index contributed by atoms with van der Waals surface area (Å²) < 4.78 is 17.0. The zero-order valence-corrected chi connectivity index (χ0v) is 15.4. The van der Waals surface area contributed by atoms with E-state index in [4.69, 9.17) is 26.0 Å². The summed E-state index contributed by atoms with van der Waals surface area (Å²) in [7, 11) is 1.59. The first-order chi connectivity index (χ1) is 13.7. The molecule has 0 aliphatic rings. The first kappa shape index (κ1) is 18.8. The summed E-state index contributed by atoms with van der Waals surface area (Å²) in [5.74, 6) is 1.89. The van der Waals surface area contributed by atoms with Crippen LogP contribution in [-0.2, 0) is 13.2 Å². The van der Waals surface area contributed by atoms with Crippen molar-refractivity contribution >= 4 is 5.69 Å². The van der Waals surface area contributed by atoms with Crippen LogP contribution >= 0.6 is 0 Å². The van der Waals surface area contributed by atoms with Crippen LogP contribution in [0.1, 0.15) is 16.7 Å². The average molecular weight is 370 g/mol. The molecule has 0 saturated carbocycles. The molecular formula is C23H18N2O3. The van der Waals surface area contributed by atoms with E-state index < -0.39 is 0 Å². The molecule has 0 atom stereocenters. The van der Waals surface area contributed by atoms with Gasteiger partial charge in [0, 0.05) is 18.2 Å². The summed E-state index contributed by atoms with van der Waals surface area (Å²) in [6, 6.07) is 22.0. The van der Waals surface area contributed by atoms with Crippen molar-refractivity contribution in [3.63, 3.8) is 0 Å². The monoisotopic (exact) mass is 370 g/mol. The average Bonchev–Trinajstić information content (AvgIpc) is 2.76. The lowest BCUT2D eigenvalue weighted by atomic mass is 10.1. The molecule has 5 nitrogen and oxygen atoms in total. The van der Waals surface area contributed by atoms with Crippen molar-refractivity contribution in [2.24, 2.45) is 0 Å². The Balaban J connectivity index is 1.66. The number of hydrogen-bond donors (Lipinski definition) is 0. The van der Waals surface area contributed by atoms with Crippen LogP contribution in [0.15, 0.2) is 66.7 Å². The number of ether oxygens (including phenoxy) is 3. The Kier molecular flexibility index (Phi) is 6.13. The third-order valence-electron chi connectivity index (χ3n) is 4.05. The van der Waals surface area contributed by atoms with Gasteiger partial charge in [-0.25, -0.2) is 4.85 Å². The lowest BCUT2D eigenvalue weighted by Crippen LogP contribution is -1.99. The molecule has 0 spiro atoms. The molecule has 0 heterocycles. The van der Waals surface area contributed by atoms with E-state index in [1.165, 1.54) is 0 Å². The summed E-state index contributed by atoms with van der Waals surface area (Å²) >= 11 is 0. The van der Waals surface area contributed by atoms with Crippen LogP contribution in [0.25, 0.3) is 4.85 Å². The molecule has 0 aliphatic heterocycles. The topological polar surface area (TPSA) is 55.8 Å². The highest BCUT2D eigenvalue weighted by atomic mass is 16.5. The van der Waals surface area contributed by atoms with Gasteiger partial charge in [-0.05, 0) is 23.3 Å². The van der Waals surface area contributed by atoms with E-state index in [1.54, 1.807) is 49.6 Å². The first-order valence-electron chi connectivity index (χ1n) is 8.60. The molecule has 0 aliphatic carbocycles. The molecule has 0 radical (unpaired) electrons. The van der Waals surface area contributed by atoms with Gasteiger partial charge in [-0.3, -0.25) is 0 Å². The van der Waals surface area contributed by atoms with Crippen molar-refractivity contribution in [2.45, 2.75) is 13.2 Å². The van der Waals surface area contributed by atoms with Crippen LogP contribution in [0, 0.1) is 17.9 Å². The van der Waals surface area contributed by atoms with Gasteiger partial charge in [-0.2, -0.15) is 5.26 Å². The summed E-state index contributed by atoms with van der Waals surface area (Å²) in [5.41, 5.74) is 3.15. The van der Waals surface area contributed by atoms with Gasteiger partial charge in [-0.1, -0.05) is 36.4 Å². The third-order valence-corrected chi connectivity index (χ3v) is 4.05. The van der Waals surface area contributed by atoms with Crippen molar-refractivity contribution in [1.82, 2.24) is 0 Å². The molecule has 3 rings (SSSR count). The molecule has 28 heavy (non-hydrogen) atoms. The van der Waals surface area contributed by atoms with Crippen molar-refractivity contribution < 1.29 is 14.2 Å². The minimum atomic E-state index is 0.371. The van der Waals surface area contributed by atoms with Gasteiger partial charge in [0.15, 0.2) is 5.69 Å². The Morgan fingerprint density at radius 2 is 1.32 bits per heavy atom. The van der Waals surface area contributed by atoms with Gasteiger partial charge in [-0.15, -0.1) is 0 Å². The molecule has 0 saturated heterocycles. The van der Waals surface area contributed by atoms with E-state index >= 15 is 0 Å². The summed E-state index contributed by atoms with van der Waals surface area (Å²) in [5, 5.41) is 8.86. The lowest BCUT2D eigenvalue weighted by molar-refractivity contribution is 0.286. The van der Waals surface area contributed by atoms with Gasteiger partial charge in [0.05, 0.1) is 25.3 Å². The highest BCUT2D eigenvalue weighted by molar-refractivity contribution is 5.46. The van der Waals surface area contributed by atoms with Gasteiger partial charge in [0.2, 0.25) is 0 Å². The van der Waals surface area contributed by atoms with Gasteiger partial charge < -0.3 is 14.2 Å². The first-order valence-corrected chi connectivity index (χ1v) is 8.60. The maximum Gasteiger partial charge on any atom is 0.187 e. The van der Waals surface area contributed by atoms with Crippen molar-refractivity contribution in [3.8, 4) is 23.3 Å². The number of nitriles is 1. The van der Waals surface area contributed by atoms with Crippen molar-refractivity contribution in [3.05, 3.63) is 94.8 Å². The summed E-state index contributed by atoms with van der Waals surface area (Å²) in [6.45, 7) is 7.74. The van der Waals surface area contributed by atoms with Crippen LogP contribution in [0.2, 0.25) is 0 Å². The molecule has 5 heteroatoms. The van der Waals surface area contributed by atoms with Crippen LogP contribution in [-0.4, -0.2) is 7.11 Å². The predicted octanol–water partition coefficient (Wildman–Crippen LogP) is 5.28. The van der Waals surface area contributed by atoms with E-state index in [0.717, 1.165) is 11.1 Å². The molecule has 0 aromatic heterocycles. The SMILES string of the molecule is [C-]#[N+]c1ccc(COc2cc(OC)cc(OCc3ccc(C#N)cc3)c2)cc1. The number of hydrogen-bond acceptors (Lipinski definition) is 4. The molecule has 0 amide bonds. The minimum Gasteiger partial charge on any atom is -0.496 e. The smallest absolute Gasteiger partial charge is 0.187 e. The normalized spacial score (nSPS) is 9.82. The third kappa shape index (κ3) is 5.03. The number of methoxy groups -OCH3 is 1. The second kappa shape index (κ2) is 9.12. The molecular weight excluding hydrogens is 352 g/mol. The zero-order chi connectivity index (χ0) is 19.8. The molecule has 3 aromatic rings. The summed E-state index contributed by atoms with van der Waals surface area (Å²) in [4.78, 5) is 3.38. The highest BCUT2D eigenvalue weighted by Gasteiger charge is 2.05. The molecule has 3 aromatic carbocycles. The molecule has 0 bridgehead atoms. The number of nitrogens with zero attached hydrogens (tertiary/aromatic N) is 2. The van der Waals surface area contributed by atoms with Crippen LogP contribution in [0.3, 0.4) is 0 Å². The van der Waals surface area contributed by atoms with Crippen LogP contribution in [0.5, 0.6) is 17.2 Å². The predicted molar refractivity (Wildman–Crippen MR) is 106 cm³/mol. The fourth-order valence-corrected chi connectivity index (χ4v) is 2.51. The van der Waals surface area contributed by atoms with E-state index in [0.29, 0.717) is 41.7 Å². The quantitative estimate of drug-likeness (QED) is 0.531. The molecule has 0 fully saturated rings. The van der Waals surface area contributed by atoms with Crippen molar-refractivity contribution in [2.75, 3.05) is 7.11 Å². The lowest BCUT2D eigenvalue weighted by Gasteiger charge is -2.12. The molecule has 0 N–H and O–H groups in total. The van der Waals surface area contributed by atoms with Gasteiger partial charge in [0.25, 0.3) is 0 Å². The van der Waals surface area contributed by atoms with E-state index in [-0.39, 0.29) is 0 Å².